The van der Waals surface area contributed by atoms with Crippen molar-refractivity contribution in [3.63, 3.8) is 0 Å². The average Bonchev–Trinajstić information content (AvgIpc) is 2.70. The maximum Gasteiger partial charge on any atom is 0.469 e. The Balaban J connectivity index is 2.56. The molecular formula is C6H11N4O8PS. The minimum absolute atomic E-state index is 0.393. The number of nitrogens with zero attached hydrogens (tertiary/aromatic N) is 3. The zero-order valence-corrected chi connectivity index (χ0v) is 11.5. The van der Waals surface area contributed by atoms with E-state index >= 15 is 0 Å². The molecule has 1 aromatic rings. The van der Waals surface area contributed by atoms with Gasteiger partial charge in [0.2, 0.25) is 10.0 Å². The van der Waals surface area contributed by atoms with Crippen LogP contribution in [0.25, 0.3) is 0 Å². The number of rotatable bonds is 8. The molecule has 0 aromatic carbocycles. The predicted octanol–water partition coefficient (Wildman–Crippen LogP) is -1.22. The predicted molar refractivity (Wildman–Crippen MR) is 63.8 cm³/mol. The average molecular weight is 330 g/mol. The van der Waals surface area contributed by atoms with E-state index in [9.17, 15) is 23.1 Å². The minimum Gasteiger partial charge on any atom is -0.390 e. The fourth-order valence-corrected chi connectivity index (χ4v) is 2.55. The van der Waals surface area contributed by atoms with Gasteiger partial charge >= 0.3 is 13.8 Å². The number of sulfonamides is 1. The van der Waals surface area contributed by atoms with Crippen LogP contribution in [0.5, 0.6) is 0 Å². The molecule has 3 N–H and O–H groups in total. The Kier molecular flexibility index (Phi) is 5.33. The molecule has 0 saturated heterocycles. The van der Waals surface area contributed by atoms with Gasteiger partial charge in [-0.15, -0.1) is 0 Å². The molecule has 1 aromatic heterocycles. The summed E-state index contributed by atoms with van der Waals surface area (Å²) in [5, 5.41) is 10.5. The highest BCUT2D eigenvalue weighted by molar-refractivity contribution is 7.88. The molecule has 1 heterocycles. The Morgan fingerprint density at radius 1 is 1.55 bits per heavy atom. The zero-order chi connectivity index (χ0) is 15.4. The molecule has 0 saturated carbocycles. The summed E-state index contributed by atoms with van der Waals surface area (Å²) in [6, 6.07) is 0. The summed E-state index contributed by atoms with van der Waals surface area (Å²) in [4.78, 5) is 29.8. The van der Waals surface area contributed by atoms with Gasteiger partial charge in [-0.2, -0.15) is 0 Å². The van der Waals surface area contributed by atoms with Crippen molar-refractivity contribution in [2.75, 3.05) is 13.2 Å². The van der Waals surface area contributed by atoms with Gasteiger partial charge in [0.15, 0.2) is 5.88 Å². The van der Waals surface area contributed by atoms with Gasteiger partial charge < -0.3 is 19.9 Å². The molecule has 0 aliphatic heterocycles. The standard InChI is InChI=1S/C6H11N4O8PS/c11-10(12)6-7-1-3-9(6)5-20(16,17)8-2-4-18-19(13,14)15/h1,3,8H,2,4-5H2,(H2,13,14,15). The van der Waals surface area contributed by atoms with Gasteiger partial charge in [-0.1, -0.05) is 4.98 Å². The van der Waals surface area contributed by atoms with E-state index in [1.165, 1.54) is 0 Å². The van der Waals surface area contributed by atoms with Crippen LogP contribution in [-0.4, -0.2) is 45.8 Å². The Morgan fingerprint density at radius 2 is 2.20 bits per heavy atom. The van der Waals surface area contributed by atoms with E-state index < -0.39 is 47.7 Å². The van der Waals surface area contributed by atoms with E-state index in [0.29, 0.717) is 0 Å². The molecule has 0 amide bonds. The molecule has 0 aliphatic rings. The Morgan fingerprint density at radius 3 is 2.75 bits per heavy atom. The molecule has 14 heteroatoms. The van der Waals surface area contributed by atoms with Gasteiger partial charge in [-0.05, 0) is 4.92 Å². The van der Waals surface area contributed by atoms with Crippen LogP contribution < -0.4 is 4.72 Å². The van der Waals surface area contributed by atoms with Crippen molar-refractivity contribution in [3.05, 3.63) is 22.5 Å². The lowest BCUT2D eigenvalue weighted by Gasteiger charge is -2.07. The van der Waals surface area contributed by atoms with Gasteiger partial charge in [0.25, 0.3) is 0 Å². The van der Waals surface area contributed by atoms with Crippen LogP contribution >= 0.6 is 7.82 Å². The van der Waals surface area contributed by atoms with Crippen LogP contribution in [0.2, 0.25) is 0 Å². The summed E-state index contributed by atoms with van der Waals surface area (Å²) >= 11 is 0. The molecule has 114 valence electrons. The molecule has 12 nitrogen and oxygen atoms in total. The fourth-order valence-electron chi connectivity index (χ4n) is 1.16. The SMILES string of the molecule is O=[N+]([O-])c1nccn1CS(=O)(=O)NCCOP(=O)(O)O. The largest absolute Gasteiger partial charge is 0.469 e. The van der Waals surface area contributed by atoms with Crippen molar-refractivity contribution >= 4 is 23.8 Å². The number of phosphoric acid groups is 1. The van der Waals surface area contributed by atoms with Crippen molar-refractivity contribution < 1.29 is 32.2 Å². The molecule has 1 rings (SSSR count). The number of phosphoric ester groups is 1. The first-order chi connectivity index (χ1) is 9.11. The van der Waals surface area contributed by atoms with Crippen LogP contribution in [0.3, 0.4) is 0 Å². The molecule has 20 heavy (non-hydrogen) atoms. The number of hydrogen-bond acceptors (Lipinski definition) is 7. The first-order valence-electron chi connectivity index (χ1n) is 4.94. The normalized spacial score (nSPS) is 12.5. The monoisotopic (exact) mass is 330 g/mol. The van der Waals surface area contributed by atoms with Crippen LogP contribution in [-0.2, 0) is 25.0 Å². The van der Waals surface area contributed by atoms with E-state index in [0.717, 1.165) is 17.0 Å². The van der Waals surface area contributed by atoms with Crippen molar-refractivity contribution in [2.45, 2.75) is 5.88 Å². The van der Waals surface area contributed by atoms with E-state index in [2.05, 4.69) is 9.51 Å². The first kappa shape index (κ1) is 16.7. The molecule has 0 bridgehead atoms. The lowest BCUT2D eigenvalue weighted by molar-refractivity contribution is -0.396. The van der Waals surface area contributed by atoms with Crippen molar-refractivity contribution in [1.82, 2.24) is 14.3 Å². The van der Waals surface area contributed by atoms with Crippen molar-refractivity contribution in [1.29, 1.82) is 0 Å². The molecular weight excluding hydrogens is 319 g/mol. The van der Waals surface area contributed by atoms with Crippen molar-refractivity contribution in [3.8, 4) is 0 Å². The fraction of sp³-hybridized carbons (Fsp3) is 0.500. The van der Waals surface area contributed by atoms with Crippen LogP contribution in [0, 0.1) is 10.1 Å². The number of nitro groups is 1. The molecule has 0 atom stereocenters. The molecule has 0 spiro atoms. The third-order valence-corrected chi connectivity index (χ3v) is 3.63. The number of nitrogens with one attached hydrogen (secondary N) is 1. The summed E-state index contributed by atoms with van der Waals surface area (Å²) in [5.41, 5.74) is 0. The second-order valence-corrected chi connectivity index (χ2v) is 6.43. The van der Waals surface area contributed by atoms with E-state index in [1.807, 2.05) is 4.72 Å². The Hall–Kier alpha value is -1.37. The van der Waals surface area contributed by atoms with Crippen LogP contribution in [0.1, 0.15) is 0 Å². The summed E-state index contributed by atoms with van der Waals surface area (Å²) in [6.07, 6.45) is 2.19. The second kappa shape index (κ2) is 6.39. The van der Waals surface area contributed by atoms with E-state index in [4.69, 9.17) is 9.79 Å². The lowest BCUT2D eigenvalue weighted by atomic mass is 10.8. The summed E-state index contributed by atoms with van der Waals surface area (Å²) in [5.74, 6) is -1.39. The Labute approximate surface area is 112 Å². The summed E-state index contributed by atoms with van der Waals surface area (Å²) < 4.78 is 40.3. The van der Waals surface area contributed by atoms with Crippen LogP contribution in [0.15, 0.2) is 12.4 Å². The highest BCUT2D eigenvalue weighted by atomic mass is 32.2. The number of imidazole rings is 1. The smallest absolute Gasteiger partial charge is 0.390 e. The topological polar surface area (TPSA) is 174 Å². The second-order valence-electron chi connectivity index (χ2n) is 3.42. The van der Waals surface area contributed by atoms with Crippen molar-refractivity contribution in [2.24, 2.45) is 0 Å². The molecule has 0 radical (unpaired) electrons. The number of aromatic nitrogens is 2. The first-order valence-corrected chi connectivity index (χ1v) is 8.12. The van der Waals surface area contributed by atoms with Crippen LogP contribution in [0.4, 0.5) is 5.95 Å². The molecule has 0 fully saturated rings. The van der Waals surface area contributed by atoms with Gasteiger partial charge in [0, 0.05) is 6.54 Å². The zero-order valence-electron chi connectivity index (χ0n) is 9.82. The van der Waals surface area contributed by atoms with Gasteiger partial charge in [-0.3, -0.25) is 4.52 Å². The van der Waals surface area contributed by atoms with Gasteiger partial charge in [0.05, 0.1) is 6.61 Å². The summed E-state index contributed by atoms with van der Waals surface area (Å²) in [7, 11) is -8.61. The third-order valence-electron chi connectivity index (χ3n) is 1.85. The summed E-state index contributed by atoms with van der Waals surface area (Å²) in [6.45, 7) is -0.939. The highest BCUT2D eigenvalue weighted by Crippen LogP contribution is 2.35. The van der Waals surface area contributed by atoms with E-state index in [-0.39, 0.29) is 0 Å². The highest BCUT2D eigenvalue weighted by Gasteiger charge is 2.21. The lowest BCUT2D eigenvalue weighted by Crippen LogP contribution is -2.30. The Bertz CT molecular complexity index is 621. The van der Waals surface area contributed by atoms with Gasteiger partial charge in [-0.25, -0.2) is 22.3 Å². The third kappa shape index (κ3) is 5.73. The molecule has 0 unspecified atom stereocenters. The molecule has 0 aliphatic carbocycles. The maximum atomic E-state index is 11.6. The quantitative estimate of drug-likeness (QED) is 0.228. The van der Waals surface area contributed by atoms with E-state index in [1.54, 1.807) is 0 Å². The number of hydrogen-bond donors (Lipinski definition) is 3. The van der Waals surface area contributed by atoms with Gasteiger partial charge in [0.1, 0.15) is 12.4 Å². The maximum absolute atomic E-state index is 11.6. The minimum atomic E-state index is -4.66.